The second kappa shape index (κ2) is 6.16. The minimum Gasteiger partial charge on any atom is -0.493 e. The molecule has 22 heavy (non-hydrogen) atoms. The molecular weight excluding hydrogens is 325 g/mol. The van der Waals surface area contributed by atoms with Crippen LogP contribution in [-0.2, 0) is 9.72 Å². The quantitative estimate of drug-likeness (QED) is 0.779. The average molecular weight is 345 g/mol. The summed E-state index contributed by atoms with van der Waals surface area (Å²) in [5.41, 5.74) is 0.650. The van der Waals surface area contributed by atoms with Gasteiger partial charge in [0.15, 0.2) is 11.5 Å². The molecule has 2 N–H and O–H groups in total. The smallest absolute Gasteiger partial charge is 0.338 e. The lowest BCUT2D eigenvalue weighted by molar-refractivity contribution is 0.315. The van der Waals surface area contributed by atoms with Gasteiger partial charge in [-0.15, -0.1) is 11.3 Å². The molecule has 2 aromatic rings. The molecule has 0 aliphatic carbocycles. The molecule has 0 unspecified atom stereocenters. The van der Waals surface area contributed by atoms with E-state index in [9.17, 15) is 14.4 Å². The van der Waals surface area contributed by atoms with Crippen molar-refractivity contribution >= 4 is 29.1 Å². The molecule has 0 fully saturated rings. The third-order valence-corrected chi connectivity index (χ3v) is 7.35. The first-order valence-corrected chi connectivity index (χ1v) is 9.34. The number of aromatic nitrogens is 1. The molecule has 0 bridgehead atoms. The summed E-state index contributed by atoms with van der Waals surface area (Å²) < 4.78 is 23.4. The summed E-state index contributed by atoms with van der Waals surface area (Å²) in [6.45, 7) is 3.55. The summed E-state index contributed by atoms with van der Waals surface area (Å²) in [6.07, 6.45) is 0.643. The third-order valence-electron chi connectivity index (χ3n) is 4.02. The Morgan fingerprint density at radius 1 is 1.18 bits per heavy atom. The molecule has 1 heterocycles. The molecule has 2 rings (SSSR count). The van der Waals surface area contributed by atoms with Crippen LogP contribution in [0, 0.1) is 0 Å². The number of fused-ring (bicyclic) bond motifs is 1. The van der Waals surface area contributed by atoms with Crippen molar-refractivity contribution in [2.45, 2.75) is 31.8 Å². The van der Waals surface area contributed by atoms with Crippen molar-refractivity contribution in [3.05, 3.63) is 17.1 Å². The molecule has 0 amide bonds. The maximum atomic E-state index is 12.1. The van der Waals surface area contributed by atoms with Crippen molar-refractivity contribution in [3.8, 4) is 11.5 Å². The van der Waals surface area contributed by atoms with Crippen LogP contribution in [0.5, 0.6) is 11.5 Å². The highest BCUT2D eigenvalue weighted by atomic mass is 32.1. The van der Waals surface area contributed by atoms with Crippen LogP contribution < -0.4 is 9.47 Å². The minimum atomic E-state index is -4.34. The molecule has 0 spiro atoms. The van der Waals surface area contributed by atoms with Crippen LogP contribution in [0.2, 0.25) is 0 Å². The van der Waals surface area contributed by atoms with Crippen molar-refractivity contribution in [1.82, 2.24) is 4.98 Å². The molecule has 8 heteroatoms. The zero-order valence-electron chi connectivity index (χ0n) is 13.0. The summed E-state index contributed by atoms with van der Waals surface area (Å²) in [4.78, 5) is 24.1. The number of benzene rings is 1. The van der Waals surface area contributed by atoms with Crippen LogP contribution in [0.3, 0.4) is 0 Å². The Labute approximate surface area is 133 Å². The Bertz CT molecular complexity index is 678. The summed E-state index contributed by atoms with van der Waals surface area (Å²) in [7, 11) is -1.25. The summed E-state index contributed by atoms with van der Waals surface area (Å²) >= 11 is 1.29. The highest BCUT2D eigenvalue weighted by molar-refractivity contribution is 7.53. The van der Waals surface area contributed by atoms with Gasteiger partial charge in [-0.2, -0.15) is 0 Å². The zero-order valence-corrected chi connectivity index (χ0v) is 14.7. The SMILES string of the molecule is CCC(CC)(c1nc2cc(OC)c(OC)cc2s1)P(=O)(O)O. The first kappa shape index (κ1) is 17.2. The van der Waals surface area contributed by atoms with Gasteiger partial charge in [0.05, 0.1) is 24.4 Å². The lowest BCUT2D eigenvalue weighted by Crippen LogP contribution is -2.24. The monoisotopic (exact) mass is 345 g/mol. The highest BCUT2D eigenvalue weighted by Crippen LogP contribution is 2.62. The van der Waals surface area contributed by atoms with Gasteiger partial charge in [0, 0.05) is 12.1 Å². The summed E-state index contributed by atoms with van der Waals surface area (Å²) in [6, 6.07) is 3.51. The van der Waals surface area contributed by atoms with Crippen LogP contribution >= 0.6 is 18.9 Å². The number of thiazole rings is 1. The molecule has 1 aromatic heterocycles. The van der Waals surface area contributed by atoms with Crippen molar-refractivity contribution in [2.75, 3.05) is 14.2 Å². The number of rotatable bonds is 6. The van der Waals surface area contributed by atoms with Gasteiger partial charge in [-0.05, 0) is 12.8 Å². The van der Waals surface area contributed by atoms with Gasteiger partial charge in [-0.25, -0.2) is 4.98 Å². The zero-order chi connectivity index (χ0) is 16.5. The fraction of sp³-hybridized carbons (Fsp3) is 0.500. The average Bonchev–Trinajstić information content (AvgIpc) is 2.88. The second-order valence-corrected chi connectivity index (χ2v) is 7.95. The predicted octanol–water partition coefficient (Wildman–Crippen LogP) is 3.51. The second-order valence-electron chi connectivity index (χ2n) is 4.98. The third kappa shape index (κ3) is 2.63. The molecule has 6 nitrogen and oxygen atoms in total. The molecule has 0 atom stereocenters. The van der Waals surface area contributed by atoms with E-state index in [4.69, 9.17) is 9.47 Å². The minimum absolute atomic E-state index is 0.321. The van der Waals surface area contributed by atoms with Crippen LogP contribution in [0.4, 0.5) is 0 Å². The fourth-order valence-electron chi connectivity index (χ4n) is 2.54. The van der Waals surface area contributed by atoms with Gasteiger partial charge in [0.2, 0.25) is 0 Å². The Balaban J connectivity index is 2.68. The standard InChI is InChI=1S/C14H20NO5PS/c1-5-14(6-2,21(16,17)18)13-15-9-7-10(19-3)11(20-4)8-12(9)22-13/h7-8H,5-6H2,1-4H3,(H2,16,17,18). The molecule has 1 aromatic carbocycles. The molecular formula is C14H20NO5PS. The maximum Gasteiger partial charge on any atom is 0.338 e. The van der Waals surface area contributed by atoms with Crippen LogP contribution in [0.1, 0.15) is 31.7 Å². The summed E-state index contributed by atoms with van der Waals surface area (Å²) in [5, 5.41) is -0.784. The fourth-order valence-corrected chi connectivity index (χ4v) is 5.37. The molecule has 0 radical (unpaired) electrons. The Kier molecular flexibility index (Phi) is 4.82. The van der Waals surface area contributed by atoms with E-state index in [1.54, 1.807) is 33.1 Å². The number of hydrogen-bond acceptors (Lipinski definition) is 5. The Hall–Kier alpha value is -1.14. The van der Waals surface area contributed by atoms with E-state index in [2.05, 4.69) is 4.98 Å². The van der Waals surface area contributed by atoms with Gasteiger partial charge < -0.3 is 19.3 Å². The summed E-state index contributed by atoms with van der Waals surface area (Å²) in [5.74, 6) is 1.11. The molecule has 122 valence electrons. The number of nitrogens with zero attached hydrogens (tertiary/aromatic N) is 1. The lowest BCUT2D eigenvalue weighted by Gasteiger charge is -2.29. The van der Waals surface area contributed by atoms with E-state index in [1.807, 2.05) is 0 Å². The number of methoxy groups -OCH3 is 2. The van der Waals surface area contributed by atoms with Crippen molar-refractivity contribution in [1.29, 1.82) is 0 Å². The predicted molar refractivity (Wildman–Crippen MR) is 87.0 cm³/mol. The van der Waals surface area contributed by atoms with E-state index in [0.717, 1.165) is 4.70 Å². The van der Waals surface area contributed by atoms with E-state index in [1.165, 1.54) is 18.4 Å². The van der Waals surface area contributed by atoms with Crippen molar-refractivity contribution < 1.29 is 23.8 Å². The maximum absolute atomic E-state index is 12.1. The molecule has 0 saturated carbocycles. The first-order valence-electron chi connectivity index (χ1n) is 6.91. The van der Waals surface area contributed by atoms with Crippen LogP contribution in [0.15, 0.2) is 12.1 Å². The van der Waals surface area contributed by atoms with E-state index in [-0.39, 0.29) is 0 Å². The molecule has 0 aliphatic heterocycles. The molecule has 0 saturated heterocycles. The van der Waals surface area contributed by atoms with E-state index < -0.39 is 12.8 Å². The topological polar surface area (TPSA) is 88.9 Å². The molecule has 0 aliphatic rings. The Morgan fingerprint density at radius 2 is 1.73 bits per heavy atom. The van der Waals surface area contributed by atoms with Crippen LogP contribution in [-0.4, -0.2) is 29.0 Å². The lowest BCUT2D eigenvalue weighted by atomic mass is 10.0. The number of ether oxygens (including phenoxy) is 2. The van der Waals surface area contributed by atoms with E-state index in [0.29, 0.717) is 34.9 Å². The highest BCUT2D eigenvalue weighted by Gasteiger charge is 2.48. The van der Waals surface area contributed by atoms with Gasteiger partial charge in [0.1, 0.15) is 10.2 Å². The number of hydrogen-bond donors (Lipinski definition) is 2. The first-order chi connectivity index (χ1) is 10.3. The Morgan fingerprint density at radius 3 is 2.18 bits per heavy atom. The van der Waals surface area contributed by atoms with Crippen LogP contribution in [0.25, 0.3) is 10.2 Å². The van der Waals surface area contributed by atoms with Gasteiger partial charge in [-0.3, -0.25) is 4.57 Å². The van der Waals surface area contributed by atoms with Gasteiger partial charge >= 0.3 is 7.60 Å². The normalized spacial score (nSPS) is 12.6. The van der Waals surface area contributed by atoms with Crippen molar-refractivity contribution in [3.63, 3.8) is 0 Å². The van der Waals surface area contributed by atoms with Crippen molar-refractivity contribution in [2.24, 2.45) is 0 Å². The van der Waals surface area contributed by atoms with Gasteiger partial charge in [0.25, 0.3) is 0 Å². The largest absolute Gasteiger partial charge is 0.493 e. The van der Waals surface area contributed by atoms with Gasteiger partial charge in [-0.1, -0.05) is 13.8 Å². The van der Waals surface area contributed by atoms with E-state index >= 15 is 0 Å².